The second kappa shape index (κ2) is 5.70. The highest BCUT2D eigenvalue weighted by Crippen LogP contribution is 2.33. The molecule has 0 aliphatic carbocycles. The zero-order valence-corrected chi connectivity index (χ0v) is 11.6. The van der Waals surface area contributed by atoms with Gasteiger partial charge in [-0.15, -0.1) is 0 Å². The molecule has 0 saturated heterocycles. The summed E-state index contributed by atoms with van der Waals surface area (Å²) in [5.74, 6) is 0. The Morgan fingerprint density at radius 1 is 0.750 bits per heavy atom. The van der Waals surface area contributed by atoms with Crippen LogP contribution in [0.4, 0.5) is 0 Å². The van der Waals surface area contributed by atoms with Crippen molar-refractivity contribution in [3.05, 3.63) is 78.6 Å². The van der Waals surface area contributed by atoms with Crippen LogP contribution in [0, 0.1) is 0 Å². The summed E-state index contributed by atoms with van der Waals surface area (Å²) in [7, 11) is 0. The maximum absolute atomic E-state index is 4.56. The topological polar surface area (TPSA) is 12.9 Å². The lowest BCUT2D eigenvalue weighted by Gasteiger charge is -2.13. The lowest BCUT2D eigenvalue weighted by atomic mass is 9.93. The molecule has 98 valence electrons. The van der Waals surface area contributed by atoms with Crippen LogP contribution in [-0.2, 0) is 6.42 Å². The summed E-state index contributed by atoms with van der Waals surface area (Å²) in [6, 6.07) is 23.1. The highest BCUT2D eigenvalue weighted by Gasteiger charge is 2.11. The number of hydrogen-bond donors (Lipinski definition) is 0. The van der Waals surface area contributed by atoms with Crippen LogP contribution in [0.5, 0.6) is 0 Å². The van der Waals surface area contributed by atoms with Gasteiger partial charge >= 0.3 is 0 Å². The first-order valence-corrected chi connectivity index (χ1v) is 6.99. The Bertz CT molecular complexity index is 687. The molecular formula is C19H17N. The normalized spacial score (nSPS) is 10.4. The van der Waals surface area contributed by atoms with E-state index in [1.807, 2.05) is 18.3 Å². The highest BCUT2D eigenvalue weighted by molar-refractivity contribution is 5.84. The minimum Gasteiger partial charge on any atom is -0.261 e. The summed E-state index contributed by atoms with van der Waals surface area (Å²) in [5.41, 5.74) is 6.13. The monoisotopic (exact) mass is 259 g/mol. The molecule has 3 rings (SSSR count). The molecule has 0 bridgehead atoms. The fourth-order valence-corrected chi connectivity index (χ4v) is 2.56. The van der Waals surface area contributed by atoms with E-state index in [2.05, 4.69) is 66.5 Å². The summed E-state index contributed by atoms with van der Waals surface area (Å²) in [6.07, 6.45) is 2.85. The molecule has 0 fully saturated rings. The van der Waals surface area contributed by atoms with Crippen molar-refractivity contribution < 1.29 is 0 Å². The van der Waals surface area contributed by atoms with Crippen molar-refractivity contribution >= 4 is 0 Å². The van der Waals surface area contributed by atoms with Gasteiger partial charge in [-0.3, -0.25) is 4.98 Å². The molecule has 0 saturated carbocycles. The standard InChI is InChI=1S/C19H17N/c1-2-18-19(16-11-7-4-8-12-16)17(13-14-20-18)15-9-5-3-6-10-15/h3-14H,2H2,1H3. The first kappa shape index (κ1) is 12.6. The van der Waals surface area contributed by atoms with Crippen LogP contribution in [0.2, 0.25) is 0 Å². The van der Waals surface area contributed by atoms with Gasteiger partial charge in [-0.25, -0.2) is 0 Å². The average molecular weight is 259 g/mol. The average Bonchev–Trinajstić information content (AvgIpc) is 2.55. The predicted octanol–water partition coefficient (Wildman–Crippen LogP) is 4.98. The lowest BCUT2D eigenvalue weighted by molar-refractivity contribution is 1.04. The first-order chi connectivity index (χ1) is 9.90. The zero-order chi connectivity index (χ0) is 13.8. The Kier molecular flexibility index (Phi) is 3.60. The first-order valence-electron chi connectivity index (χ1n) is 6.99. The van der Waals surface area contributed by atoms with Crippen LogP contribution in [0.3, 0.4) is 0 Å². The largest absolute Gasteiger partial charge is 0.261 e. The quantitative estimate of drug-likeness (QED) is 0.646. The molecule has 2 aromatic carbocycles. The Balaban J connectivity index is 2.26. The van der Waals surface area contributed by atoms with Crippen molar-refractivity contribution in [3.63, 3.8) is 0 Å². The number of benzene rings is 2. The maximum Gasteiger partial charge on any atom is 0.0485 e. The summed E-state index contributed by atoms with van der Waals surface area (Å²) in [4.78, 5) is 4.56. The van der Waals surface area contributed by atoms with E-state index in [0.717, 1.165) is 12.1 Å². The number of hydrogen-bond acceptors (Lipinski definition) is 1. The number of rotatable bonds is 3. The van der Waals surface area contributed by atoms with Crippen LogP contribution >= 0.6 is 0 Å². The van der Waals surface area contributed by atoms with Crippen molar-refractivity contribution in [3.8, 4) is 22.3 Å². The fraction of sp³-hybridized carbons (Fsp3) is 0.105. The van der Waals surface area contributed by atoms with Gasteiger partial charge in [0.2, 0.25) is 0 Å². The Morgan fingerprint density at radius 2 is 1.35 bits per heavy atom. The van der Waals surface area contributed by atoms with Crippen molar-refractivity contribution in [2.45, 2.75) is 13.3 Å². The van der Waals surface area contributed by atoms with Crippen molar-refractivity contribution in [2.24, 2.45) is 0 Å². The fourth-order valence-electron chi connectivity index (χ4n) is 2.56. The van der Waals surface area contributed by atoms with Gasteiger partial charge in [0.05, 0.1) is 0 Å². The third-order valence-electron chi connectivity index (χ3n) is 3.51. The predicted molar refractivity (Wildman–Crippen MR) is 84.5 cm³/mol. The van der Waals surface area contributed by atoms with E-state index in [9.17, 15) is 0 Å². The summed E-state index contributed by atoms with van der Waals surface area (Å²) < 4.78 is 0. The molecule has 0 spiro atoms. The van der Waals surface area contributed by atoms with Gasteiger partial charge in [-0.05, 0) is 29.2 Å². The van der Waals surface area contributed by atoms with Gasteiger partial charge in [-0.2, -0.15) is 0 Å². The van der Waals surface area contributed by atoms with Crippen LogP contribution in [0.1, 0.15) is 12.6 Å². The smallest absolute Gasteiger partial charge is 0.0485 e. The van der Waals surface area contributed by atoms with Gasteiger partial charge in [0.15, 0.2) is 0 Å². The zero-order valence-electron chi connectivity index (χ0n) is 11.6. The van der Waals surface area contributed by atoms with E-state index in [1.165, 1.54) is 22.3 Å². The molecule has 20 heavy (non-hydrogen) atoms. The van der Waals surface area contributed by atoms with Crippen molar-refractivity contribution in [2.75, 3.05) is 0 Å². The minimum atomic E-state index is 0.935. The molecular weight excluding hydrogens is 242 g/mol. The minimum absolute atomic E-state index is 0.935. The molecule has 3 aromatic rings. The second-order valence-electron chi connectivity index (χ2n) is 4.77. The molecule has 1 aromatic heterocycles. The van der Waals surface area contributed by atoms with Gasteiger partial charge in [0.1, 0.15) is 0 Å². The van der Waals surface area contributed by atoms with Crippen molar-refractivity contribution in [1.82, 2.24) is 4.98 Å². The molecule has 1 heterocycles. The molecule has 0 N–H and O–H groups in total. The van der Waals surface area contributed by atoms with E-state index in [1.54, 1.807) is 0 Å². The molecule has 1 nitrogen and oxygen atoms in total. The molecule has 0 aliphatic rings. The number of pyridine rings is 1. The molecule has 0 atom stereocenters. The van der Waals surface area contributed by atoms with Gasteiger partial charge in [0.25, 0.3) is 0 Å². The summed E-state index contributed by atoms with van der Waals surface area (Å²) in [6.45, 7) is 2.16. The van der Waals surface area contributed by atoms with E-state index in [0.29, 0.717) is 0 Å². The molecule has 0 amide bonds. The van der Waals surface area contributed by atoms with E-state index < -0.39 is 0 Å². The third kappa shape index (κ3) is 2.35. The van der Waals surface area contributed by atoms with E-state index in [-0.39, 0.29) is 0 Å². The van der Waals surface area contributed by atoms with Crippen LogP contribution < -0.4 is 0 Å². The molecule has 0 radical (unpaired) electrons. The van der Waals surface area contributed by atoms with Crippen LogP contribution in [-0.4, -0.2) is 4.98 Å². The molecule has 0 aliphatic heterocycles. The Hall–Kier alpha value is -2.41. The van der Waals surface area contributed by atoms with Gasteiger partial charge < -0.3 is 0 Å². The number of nitrogens with zero attached hydrogens (tertiary/aromatic N) is 1. The number of aryl methyl sites for hydroxylation is 1. The molecule has 1 heteroatoms. The van der Waals surface area contributed by atoms with Gasteiger partial charge in [0, 0.05) is 17.5 Å². The Morgan fingerprint density at radius 3 is 1.95 bits per heavy atom. The SMILES string of the molecule is CCc1nccc(-c2ccccc2)c1-c1ccccc1. The van der Waals surface area contributed by atoms with Gasteiger partial charge in [-0.1, -0.05) is 67.6 Å². The van der Waals surface area contributed by atoms with Crippen molar-refractivity contribution in [1.29, 1.82) is 0 Å². The number of aromatic nitrogens is 1. The lowest BCUT2D eigenvalue weighted by Crippen LogP contribution is -1.95. The summed E-state index contributed by atoms with van der Waals surface area (Å²) in [5, 5.41) is 0. The van der Waals surface area contributed by atoms with Crippen LogP contribution in [0.15, 0.2) is 72.9 Å². The second-order valence-corrected chi connectivity index (χ2v) is 4.77. The molecule has 0 unspecified atom stereocenters. The third-order valence-corrected chi connectivity index (χ3v) is 3.51. The van der Waals surface area contributed by atoms with E-state index in [4.69, 9.17) is 0 Å². The highest BCUT2D eigenvalue weighted by atomic mass is 14.7. The van der Waals surface area contributed by atoms with E-state index >= 15 is 0 Å². The Labute approximate surface area is 119 Å². The summed E-state index contributed by atoms with van der Waals surface area (Å²) >= 11 is 0. The maximum atomic E-state index is 4.56. The van der Waals surface area contributed by atoms with Crippen LogP contribution in [0.25, 0.3) is 22.3 Å².